The number of rotatable bonds is 1. The number of carbonyl (C=O) groups is 1. The summed E-state index contributed by atoms with van der Waals surface area (Å²) in [5.74, 6) is -2.76. The molecule has 0 radical (unpaired) electrons. The number of hydrogen-bond donors (Lipinski definition) is 2. The molecule has 2 aromatic rings. The minimum Gasteiger partial charge on any atom is -0.475 e. The van der Waals surface area contributed by atoms with Gasteiger partial charge in [-0.2, -0.15) is 18.4 Å². The maximum absolute atomic E-state index is 10.6. The van der Waals surface area contributed by atoms with Gasteiger partial charge in [-0.3, -0.25) is 4.98 Å². The Morgan fingerprint density at radius 2 is 2.00 bits per heavy atom. The van der Waals surface area contributed by atoms with Crippen molar-refractivity contribution in [3.8, 4) is 17.3 Å². The molecule has 0 saturated heterocycles. The number of nitrogens with zero attached hydrogens (tertiary/aromatic N) is 3. The Labute approximate surface area is 110 Å². The number of alkyl halides is 3. The zero-order valence-corrected chi connectivity index (χ0v) is 9.72. The van der Waals surface area contributed by atoms with Gasteiger partial charge in [0.15, 0.2) is 0 Å². The number of imidazole rings is 1. The van der Waals surface area contributed by atoms with Gasteiger partial charge in [0, 0.05) is 18.0 Å². The Morgan fingerprint density at radius 3 is 2.45 bits per heavy atom. The van der Waals surface area contributed by atoms with Crippen molar-refractivity contribution in [1.82, 2.24) is 15.0 Å². The van der Waals surface area contributed by atoms with Crippen LogP contribution >= 0.6 is 0 Å². The fraction of sp³-hybridized carbons (Fsp3) is 0.0909. The fourth-order valence-electron chi connectivity index (χ4n) is 1.12. The lowest BCUT2D eigenvalue weighted by molar-refractivity contribution is -0.192. The quantitative estimate of drug-likeness (QED) is 0.833. The molecule has 0 atom stereocenters. The highest BCUT2D eigenvalue weighted by atomic mass is 19.4. The predicted molar refractivity (Wildman–Crippen MR) is 60.2 cm³/mol. The van der Waals surface area contributed by atoms with Crippen LogP contribution in [0.2, 0.25) is 0 Å². The van der Waals surface area contributed by atoms with E-state index in [1.165, 1.54) is 6.20 Å². The van der Waals surface area contributed by atoms with Crippen molar-refractivity contribution < 1.29 is 23.1 Å². The first-order valence-corrected chi connectivity index (χ1v) is 4.99. The third-order valence-corrected chi connectivity index (χ3v) is 1.97. The predicted octanol–water partition coefficient (Wildman–Crippen LogP) is 1.98. The van der Waals surface area contributed by atoms with Gasteiger partial charge in [0.05, 0.1) is 23.8 Å². The lowest BCUT2D eigenvalue weighted by Crippen LogP contribution is -2.21. The second kappa shape index (κ2) is 6.33. The number of hydrogen-bond acceptors (Lipinski definition) is 4. The zero-order chi connectivity index (χ0) is 15.2. The number of H-pyrrole nitrogens is 1. The molecular weight excluding hydrogens is 277 g/mol. The molecule has 0 fully saturated rings. The van der Waals surface area contributed by atoms with E-state index in [4.69, 9.17) is 15.2 Å². The first-order valence-electron chi connectivity index (χ1n) is 4.99. The third-order valence-electron chi connectivity index (χ3n) is 1.97. The van der Waals surface area contributed by atoms with Crippen molar-refractivity contribution >= 4 is 5.97 Å². The molecule has 0 aliphatic carbocycles. The summed E-state index contributed by atoms with van der Waals surface area (Å²) in [6, 6.07) is 3.86. The van der Waals surface area contributed by atoms with Gasteiger partial charge in [0.25, 0.3) is 0 Å². The maximum Gasteiger partial charge on any atom is 0.490 e. The van der Waals surface area contributed by atoms with Crippen LogP contribution in [0.25, 0.3) is 11.3 Å². The molecule has 9 heteroatoms. The van der Waals surface area contributed by atoms with Crippen molar-refractivity contribution in [2.75, 3.05) is 0 Å². The molecule has 2 heterocycles. The monoisotopic (exact) mass is 284 g/mol. The Kier molecular flexibility index (Phi) is 4.80. The number of carboxylic acid groups (broad SMARTS) is 1. The number of aliphatic carboxylic acids is 1. The summed E-state index contributed by atoms with van der Waals surface area (Å²) in [7, 11) is 0. The molecular formula is C11H7F3N4O2. The second-order valence-corrected chi connectivity index (χ2v) is 3.30. The number of carboxylic acids is 1. The Balaban J connectivity index is 0.000000246. The summed E-state index contributed by atoms with van der Waals surface area (Å²) in [4.78, 5) is 19.6. The van der Waals surface area contributed by atoms with Crippen molar-refractivity contribution in [1.29, 1.82) is 5.26 Å². The average molecular weight is 284 g/mol. The molecule has 0 spiro atoms. The van der Waals surface area contributed by atoms with Crippen LogP contribution in [-0.4, -0.2) is 32.2 Å². The summed E-state index contributed by atoms with van der Waals surface area (Å²) in [6.07, 6.45) is 1.36. The van der Waals surface area contributed by atoms with E-state index >= 15 is 0 Å². The largest absolute Gasteiger partial charge is 0.490 e. The van der Waals surface area contributed by atoms with Crippen LogP contribution in [0.3, 0.4) is 0 Å². The van der Waals surface area contributed by atoms with Crippen LogP contribution in [0.4, 0.5) is 13.2 Å². The number of halogens is 3. The van der Waals surface area contributed by atoms with E-state index in [0.29, 0.717) is 5.56 Å². The number of nitrogens with one attached hydrogen (secondary N) is 1. The molecule has 0 bridgehead atoms. The van der Waals surface area contributed by atoms with Crippen LogP contribution in [0.5, 0.6) is 0 Å². The number of aromatic amines is 1. The number of aromatic nitrogens is 3. The molecule has 104 valence electrons. The summed E-state index contributed by atoms with van der Waals surface area (Å²) in [5.41, 5.74) is 2.21. The molecule has 2 N–H and O–H groups in total. The van der Waals surface area contributed by atoms with Gasteiger partial charge in [0.1, 0.15) is 6.07 Å². The highest BCUT2D eigenvalue weighted by Crippen LogP contribution is 2.18. The van der Waals surface area contributed by atoms with E-state index in [9.17, 15) is 13.2 Å². The molecule has 0 aliphatic heterocycles. The highest BCUT2D eigenvalue weighted by Gasteiger charge is 2.38. The van der Waals surface area contributed by atoms with E-state index in [2.05, 4.69) is 21.0 Å². The number of pyridine rings is 1. The summed E-state index contributed by atoms with van der Waals surface area (Å²) in [6.45, 7) is 0. The molecule has 0 saturated carbocycles. The standard InChI is InChI=1S/C9H6N4.C2HF3O2/c10-3-7-4-11-2-1-8(7)9-5-12-6-13-9;3-2(4,5)1(6)7/h1-2,4-6H,(H,12,13);(H,6,7). The van der Waals surface area contributed by atoms with Gasteiger partial charge in [-0.25, -0.2) is 9.78 Å². The van der Waals surface area contributed by atoms with Crippen LogP contribution in [0.1, 0.15) is 5.56 Å². The highest BCUT2D eigenvalue weighted by molar-refractivity contribution is 5.73. The van der Waals surface area contributed by atoms with Gasteiger partial charge in [0.2, 0.25) is 0 Å². The molecule has 2 rings (SSSR count). The van der Waals surface area contributed by atoms with Gasteiger partial charge in [-0.05, 0) is 6.07 Å². The molecule has 6 nitrogen and oxygen atoms in total. The summed E-state index contributed by atoms with van der Waals surface area (Å²) >= 11 is 0. The smallest absolute Gasteiger partial charge is 0.475 e. The van der Waals surface area contributed by atoms with Gasteiger partial charge < -0.3 is 10.1 Å². The van der Waals surface area contributed by atoms with Crippen LogP contribution < -0.4 is 0 Å². The SMILES string of the molecule is N#Cc1cnccc1-c1cnc[nH]1.O=C(O)C(F)(F)F. The maximum atomic E-state index is 10.6. The first-order chi connectivity index (χ1) is 9.36. The van der Waals surface area contributed by atoms with E-state index in [-0.39, 0.29) is 0 Å². The van der Waals surface area contributed by atoms with Gasteiger partial charge >= 0.3 is 12.1 Å². The van der Waals surface area contributed by atoms with Crippen molar-refractivity contribution in [2.45, 2.75) is 6.18 Å². The molecule has 2 aromatic heterocycles. The van der Waals surface area contributed by atoms with Gasteiger partial charge in [-0.1, -0.05) is 0 Å². The van der Waals surface area contributed by atoms with Gasteiger partial charge in [-0.15, -0.1) is 0 Å². The van der Waals surface area contributed by atoms with Crippen molar-refractivity contribution in [3.05, 3.63) is 36.5 Å². The minimum absolute atomic E-state index is 0.548. The Hall–Kier alpha value is -2.89. The molecule has 0 aromatic carbocycles. The normalized spacial score (nSPS) is 10.1. The molecule has 0 amide bonds. The van der Waals surface area contributed by atoms with E-state index in [1.807, 2.05) is 0 Å². The summed E-state index contributed by atoms with van der Waals surface area (Å²) < 4.78 is 31.7. The van der Waals surface area contributed by atoms with E-state index < -0.39 is 12.1 Å². The topological polar surface area (TPSA) is 103 Å². The fourth-order valence-corrected chi connectivity index (χ4v) is 1.12. The lowest BCUT2D eigenvalue weighted by atomic mass is 10.1. The Morgan fingerprint density at radius 1 is 1.35 bits per heavy atom. The van der Waals surface area contributed by atoms with E-state index in [0.717, 1.165) is 11.3 Å². The van der Waals surface area contributed by atoms with Crippen molar-refractivity contribution in [2.24, 2.45) is 0 Å². The lowest BCUT2D eigenvalue weighted by Gasteiger charge is -1.97. The van der Waals surface area contributed by atoms with Crippen molar-refractivity contribution in [3.63, 3.8) is 0 Å². The average Bonchev–Trinajstić information content (AvgIpc) is 2.92. The third kappa shape index (κ3) is 4.09. The van der Waals surface area contributed by atoms with Crippen LogP contribution in [0, 0.1) is 11.3 Å². The summed E-state index contributed by atoms with van der Waals surface area (Å²) in [5, 5.41) is 15.9. The number of nitriles is 1. The zero-order valence-electron chi connectivity index (χ0n) is 9.72. The first kappa shape index (κ1) is 15.2. The van der Waals surface area contributed by atoms with Crippen LogP contribution in [-0.2, 0) is 4.79 Å². The Bertz CT molecular complexity index is 617. The van der Waals surface area contributed by atoms with E-state index in [1.54, 1.807) is 24.8 Å². The molecule has 0 unspecified atom stereocenters. The minimum atomic E-state index is -5.08. The van der Waals surface area contributed by atoms with Crippen LogP contribution in [0.15, 0.2) is 31.0 Å². The second-order valence-electron chi connectivity index (χ2n) is 3.30. The molecule has 20 heavy (non-hydrogen) atoms. The molecule has 0 aliphatic rings.